The number of halogens is 1. The Morgan fingerprint density at radius 1 is 1.00 bits per heavy atom. The number of fused-ring (bicyclic) bond motifs is 1. The molecular formula is C21H18IN3O4S. The van der Waals surface area contributed by atoms with Gasteiger partial charge in [0.15, 0.2) is 11.7 Å². The fourth-order valence-corrected chi connectivity index (χ4v) is 3.52. The first-order valence-electron chi connectivity index (χ1n) is 8.82. The van der Waals surface area contributed by atoms with Gasteiger partial charge in [-0.25, -0.2) is 0 Å². The molecule has 30 heavy (non-hydrogen) atoms. The second-order valence-electron chi connectivity index (χ2n) is 6.07. The van der Waals surface area contributed by atoms with Crippen LogP contribution >= 0.6 is 34.8 Å². The van der Waals surface area contributed by atoms with Crippen molar-refractivity contribution in [3.05, 3.63) is 69.8 Å². The monoisotopic (exact) mass is 535 g/mol. The predicted molar refractivity (Wildman–Crippen MR) is 126 cm³/mol. The van der Waals surface area contributed by atoms with Gasteiger partial charge in [0, 0.05) is 10.9 Å². The Bertz CT molecular complexity index is 1100. The molecule has 0 radical (unpaired) electrons. The lowest BCUT2D eigenvalue weighted by Gasteiger charge is -2.12. The number of carbonyl (C=O) groups excluding carboxylic acids is 2. The summed E-state index contributed by atoms with van der Waals surface area (Å²) in [7, 11) is 1.56. The molecule has 0 saturated heterocycles. The lowest BCUT2D eigenvalue weighted by molar-refractivity contribution is -0.123. The summed E-state index contributed by atoms with van der Waals surface area (Å²) in [6.07, 6.45) is 0. The summed E-state index contributed by atoms with van der Waals surface area (Å²) in [4.78, 5) is 24.3. The summed E-state index contributed by atoms with van der Waals surface area (Å²) in [5.41, 5.74) is 5.29. The van der Waals surface area contributed by atoms with Gasteiger partial charge in [-0.2, -0.15) is 0 Å². The van der Waals surface area contributed by atoms with E-state index in [4.69, 9.17) is 21.7 Å². The number of carbonyl (C=O) groups is 2. The molecule has 0 atom stereocenters. The topological polar surface area (TPSA) is 88.7 Å². The molecule has 154 valence electrons. The molecule has 0 fully saturated rings. The lowest BCUT2D eigenvalue weighted by Crippen LogP contribution is -2.49. The Morgan fingerprint density at radius 2 is 1.77 bits per heavy atom. The van der Waals surface area contributed by atoms with E-state index >= 15 is 0 Å². The van der Waals surface area contributed by atoms with E-state index in [9.17, 15) is 9.59 Å². The molecule has 0 unspecified atom stereocenters. The van der Waals surface area contributed by atoms with Gasteiger partial charge in [0.25, 0.3) is 11.8 Å². The highest BCUT2D eigenvalue weighted by atomic mass is 127. The standard InChI is InChI=1S/C21H18IN3O4S/c1-28-18-10-9-14(11-16(18)22)20(27)23-21(30)25-24-19(26)12-29-17-8-4-6-13-5-2-3-7-15(13)17/h2-11H,12H2,1H3,(H,24,26)(H2,23,25,27,30). The molecule has 3 aromatic carbocycles. The minimum absolute atomic E-state index is 0.0377. The van der Waals surface area contributed by atoms with Crippen molar-refractivity contribution in [2.24, 2.45) is 0 Å². The second kappa shape index (κ2) is 10.2. The van der Waals surface area contributed by atoms with Gasteiger partial charge in [0.05, 0.1) is 10.7 Å². The third kappa shape index (κ3) is 5.57. The van der Waals surface area contributed by atoms with Crippen LogP contribution in [0.3, 0.4) is 0 Å². The minimum atomic E-state index is -0.446. The Morgan fingerprint density at radius 3 is 2.53 bits per heavy atom. The van der Waals surface area contributed by atoms with E-state index in [2.05, 4.69) is 38.8 Å². The smallest absolute Gasteiger partial charge is 0.276 e. The van der Waals surface area contributed by atoms with E-state index in [1.807, 2.05) is 36.4 Å². The number of hydrazine groups is 1. The molecule has 0 aliphatic carbocycles. The highest BCUT2D eigenvalue weighted by Gasteiger charge is 2.11. The number of hydrogen-bond donors (Lipinski definition) is 3. The van der Waals surface area contributed by atoms with E-state index in [1.54, 1.807) is 31.4 Å². The van der Waals surface area contributed by atoms with Gasteiger partial charge in [0.2, 0.25) is 0 Å². The molecule has 7 nitrogen and oxygen atoms in total. The number of hydrogen-bond acceptors (Lipinski definition) is 5. The Labute approximate surface area is 192 Å². The molecule has 3 N–H and O–H groups in total. The molecule has 0 spiro atoms. The number of rotatable bonds is 5. The Kier molecular flexibility index (Phi) is 7.41. The van der Waals surface area contributed by atoms with Gasteiger partial charge >= 0.3 is 0 Å². The molecule has 2 amide bonds. The molecule has 0 saturated carbocycles. The normalized spacial score (nSPS) is 10.2. The van der Waals surface area contributed by atoms with Crippen LogP contribution in [-0.4, -0.2) is 30.6 Å². The van der Waals surface area contributed by atoms with Crippen LogP contribution in [0.25, 0.3) is 10.8 Å². The Hall–Kier alpha value is -2.92. The van der Waals surface area contributed by atoms with Crippen LogP contribution < -0.4 is 25.6 Å². The summed E-state index contributed by atoms with van der Waals surface area (Å²) in [6.45, 7) is -0.214. The maximum absolute atomic E-state index is 12.3. The number of methoxy groups -OCH3 is 1. The van der Waals surface area contributed by atoms with Crippen LogP contribution in [0.4, 0.5) is 0 Å². The fraction of sp³-hybridized carbons (Fsp3) is 0.0952. The van der Waals surface area contributed by atoms with Gasteiger partial charge in [0.1, 0.15) is 11.5 Å². The van der Waals surface area contributed by atoms with Crippen LogP contribution in [0, 0.1) is 3.57 Å². The molecule has 0 aromatic heterocycles. The zero-order chi connectivity index (χ0) is 21.5. The van der Waals surface area contributed by atoms with Crippen molar-refractivity contribution in [2.75, 3.05) is 13.7 Å². The summed E-state index contributed by atoms with van der Waals surface area (Å²) >= 11 is 7.12. The molecule has 0 heterocycles. The number of benzene rings is 3. The van der Waals surface area contributed by atoms with Crippen LogP contribution in [0.2, 0.25) is 0 Å². The van der Waals surface area contributed by atoms with Crippen molar-refractivity contribution in [3.63, 3.8) is 0 Å². The second-order valence-corrected chi connectivity index (χ2v) is 7.64. The Balaban J connectivity index is 1.48. The molecule has 3 rings (SSSR count). The molecule has 9 heteroatoms. The van der Waals surface area contributed by atoms with Gasteiger partial charge in [-0.3, -0.25) is 25.8 Å². The van der Waals surface area contributed by atoms with E-state index < -0.39 is 11.8 Å². The lowest BCUT2D eigenvalue weighted by atomic mass is 10.1. The van der Waals surface area contributed by atoms with Crippen molar-refractivity contribution < 1.29 is 19.1 Å². The van der Waals surface area contributed by atoms with Crippen LogP contribution in [0.1, 0.15) is 10.4 Å². The van der Waals surface area contributed by atoms with Crippen molar-refractivity contribution in [1.29, 1.82) is 0 Å². The zero-order valence-electron chi connectivity index (χ0n) is 15.9. The predicted octanol–water partition coefficient (Wildman–Crippen LogP) is 3.17. The largest absolute Gasteiger partial charge is 0.496 e. The number of nitrogens with one attached hydrogen (secondary N) is 3. The minimum Gasteiger partial charge on any atom is -0.496 e. The molecule has 3 aromatic rings. The summed E-state index contributed by atoms with van der Waals surface area (Å²) < 4.78 is 11.6. The van der Waals surface area contributed by atoms with E-state index in [0.29, 0.717) is 17.1 Å². The quantitative estimate of drug-likeness (QED) is 0.265. The van der Waals surface area contributed by atoms with E-state index in [0.717, 1.165) is 14.3 Å². The number of amides is 2. The first-order valence-corrected chi connectivity index (χ1v) is 10.3. The maximum Gasteiger partial charge on any atom is 0.276 e. The first kappa shape index (κ1) is 21.8. The molecule has 0 aliphatic heterocycles. The van der Waals surface area contributed by atoms with E-state index in [-0.39, 0.29) is 11.7 Å². The first-order chi connectivity index (χ1) is 14.5. The number of ether oxygens (including phenoxy) is 2. The van der Waals surface area contributed by atoms with Crippen molar-refractivity contribution in [1.82, 2.24) is 16.2 Å². The number of thiocarbonyl (C=S) groups is 1. The molecule has 0 bridgehead atoms. The molecular weight excluding hydrogens is 517 g/mol. The van der Waals surface area contributed by atoms with Crippen molar-refractivity contribution in [3.8, 4) is 11.5 Å². The van der Waals surface area contributed by atoms with Crippen LogP contribution in [-0.2, 0) is 4.79 Å². The summed E-state index contributed by atoms with van der Waals surface area (Å²) in [5.74, 6) is 0.424. The highest BCUT2D eigenvalue weighted by Crippen LogP contribution is 2.25. The van der Waals surface area contributed by atoms with Gasteiger partial charge < -0.3 is 9.47 Å². The van der Waals surface area contributed by atoms with E-state index in [1.165, 1.54) is 0 Å². The van der Waals surface area contributed by atoms with Crippen LogP contribution in [0.5, 0.6) is 11.5 Å². The molecule has 0 aliphatic rings. The average molecular weight is 535 g/mol. The SMILES string of the molecule is COc1ccc(C(=O)NC(=S)NNC(=O)COc2cccc3ccccc23)cc1I. The fourth-order valence-electron chi connectivity index (χ4n) is 2.64. The van der Waals surface area contributed by atoms with Gasteiger partial charge in [-0.1, -0.05) is 36.4 Å². The third-order valence-electron chi connectivity index (χ3n) is 4.06. The maximum atomic E-state index is 12.3. The van der Waals surface area contributed by atoms with Crippen LogP contribution in [0.15, 0.2) is 60.7 Å². The summed E-state index contributed by atoms with van der Waals surface area (Å²) in [6, 6.07) is 18.3. The summed E-state index contributed by atoms with van der Waals surface area (Å²) in [5, 5.41) is 4.39. The van der Waals surface area contributed by atoms with Crippen molar-refractivity contribution in [2.45, 2.75) is 0 Å². The highest BCUT2D eigenvalue weighted by molar-refractivity contribution is 14.1. The van der Waals surface area contributed by atoms with Gasteiger partial charge in [-0.05, 0) is 64.5 Å². The van der Waals surface area contributed by atoms with Crippen molar-refractivity contribution >= 4 is 62.5 Å². The zero-order valence-corrected chi connectivity index (χ0v) is 18.9. The average Bonchev–Trinajstić information content (AvgIpc) is 2.76. The van der Waals surface area contributed by atoms with Gasteiger partial charge in [-0.15, -0.1) is 0 Å². The third-order valence-corrected chi connectivity index (χ3v) is 5.11.